The molecule has 7 aromatic carbocycles. The normalized spacial score (nSPS) is 14.0. The van der Waals surface area contributed by atoms with E-state index in [9.17, 15) is 56.3 Å². The van der Waals surface area contributed by atoms with E-state index in [-0.39, 0.29) is 94.9 Å². The van der Waals surface area contributed by atoms with Gasteiger partial charge in [0, 0.05) is 209 Å². The van der Waals surface area contributed by atoms with E-state index in [4.69, 9.17) is 45.0 Å². The maximum absolute atomic E-state index is 14.0. The van der Waals surface area contributed by atoms with Crippen LogP contribution >= 0.6 is 0 Å². The number of nitrogens with zero attached hydrogens (tertiary/aromatic N) is 11. The Balaban J connectivity index is 0.000000200. The molecule has 0 unspecified atom stereocenters. The topological polar surface area (TPSA) is 422 Å². The SMILES string of the molecule is CC(C)(C)OC(=O)N1CCN(c2ccc3cc(C(=O)O)cnc3c2)CC1.CC(C)(C)OC(=O)Nc1ccc(F)cc1CC(=O)c1cnc2cc(N3CCN(C(=O)OC(C)(C)C)CC3)ccc2c1.CC(C)(C)OC(=O)Nc1ccc(F)cc1N.CCOC(=O)c1cnc2cc(N3CCN(C(=O)OC(C)(C)C)CC3)ccc2c1.Nc1ccc(F)cc1CC(=O)c1cnc2cc(N3CCNCC3)ccc2c1.[Na+].[OH-]. The second kappa shape index (κ2) is 48.3. The molecule has 4 aliphatic heterocycles. The number of ketones is 2. The van der Waals surface area contributed by atoms with E-state index >= 15 is 0 Å². The van der Waals surface area contributed by atoms with Crippen LogP contribution in [0.1, 0.15) is 163 Å². The standard InChI is InChI=1S/C31H37FN4O5.C21H21FN4O.C21H27N3O4.C19H23N3O4.C11H15FN2O2.Na.H2O/c1-30(2,3)40-28(38)34-25-10-8-23(32)16-21(25)17-27(37)22-15-20-7-9-24(18-26(20)33-19-22)35-11-13-36(14-12-35)29(39)41-31(4,5)6;22-17-2-4-19(23)15(10-17)11-21(27)16-9-14-1-3-18(12-20(14)25-13-16)26-7-5-24-6-8-26;1-5-27-19(25)16-12-15-6-7-17(13-18(15)22-14-16)23-8-10-24(11-9-23)20(26)28-21(2,3)4;1-19(2,3)26-18(25)22-8-6-21(7-9-22)15-5-4-13-10-14(17(23)24)12-20-16(13)11-15;1-11(2,3)16-10(15)14-9-5-4-7(12)6-8(9)13;;/h7-10,15-16,18-19H,11-14,17H2,1-6H3,(H,34,38);1-4,9-10,12-13,24H,5-8,11,23H2;6-7,12-14H,5,8-11H2,1-4H3;4-5,10-12H,6-9H2,1-3H3,(H,23,24);4-6H,13H2,1-3H3,(H,14,15);;1H2/q;;;;;+1;/p-1. The van der Waals surface area contributed by atoms with Crippen LogP contribution in [0, 0.1) is 17.5 Å². The van der Waals surface area contributed by atoms with Crippen molar-refractivity contribution >= 4 is 143 Å². The van der Waals surface area contributed by atoms with Crippen LogP contribution in [0.25, 0.3) is 43.6 Å². The van der Waals surface area contributed by atoms with Gasteiger partial charge >= 0.3 is 72.0 Å². The van der Waals surface area contributed by atoms with Gasteiger partial charge in [-0.05, 0) is 249 Å². The van der Waals surface area contributed by atoms with Gasteiger partial charge in [0.1, 0.15) is 45.5 Å². The van der Waals surface area contributed by atoms with Crippen molar-refractivity contribution in [3.63, 3.8) is 0 Å². The number of carbonyl (C=O) groups is 9. The molecule has 4 aliphatic rings. The number of fused-ring (bicyclic) bond motifs is 4. The number of esters is 1. The fraction of sp³-hybridized carbons (Fsp3) is 0.388. The Hall–Kier alpha value is -13.7. The number of halogens is 3. The molecule has 15 rings (SSSR count). The molecule has 9 N–H and O–H groups in total. The molecule has 0 saturated carbocycles. The van der Waals surface area contributed by atoms with Crippen LogP contribution < -0.4 is 76.6 Å². The fourth-order valence-electron chi connectivity index (χ4n) is 14.9. The molecule has 740 valence electrons. The number of ether oxygens (including phenoxy) is 6. The van der Waals surface area contributed by atoms with Crippen LogP contribution in [-0.4, -0.2) is 239 Å². The average Bonchev–Trinajstić information content (AvgIpc) is 0.808. The second-order valence-corrected chi connectivity index (χ2v) is 38.4. The molecular formula is C103H124F3N16NaO17. The Bertz CT molecular complexity index is 6250. The molecule has 0 radical (unpaired) electrons. The smallest absolute Gasteiger partial charge is 0.870 e. The van der Waals surface area contributed by atoms with Crippen molar-refractivity contribution in [2.45, 2.75) is 152 Å². The first-order valence-corrected chi connectivity index (χ1v) is 45.6. The number of hydrogen-bond donors (Lipinski definition) is 6. The molecule has 4 fully saturated rings. The molecule has 140 heavy (non-hydrogen) atoms. The molecule has 37 heteroatoms. The number of nitrogen functional groups attached to an aromatic ring is 2. The van der Waals surface area contributed by atoms with Crippen LogP contribution in [0.4, 0.5) is 82.6 Å². The predicted molar refractivity (Wildman–Crippen MR) is 531 cm³/mol. The summed E-state index contributed by atoms with van der Waals surface area (Å²) in [6, 6.07) is 42.4. The number of pyridine rings is 4. The summed E-state index contributed by atoms with van der Waals surface area (Å²) in [5.74, 6) is -3.11. The van der Waals surface area contributed by atoms with Gasteiger partial charge in [-0.1, -0.05) is 24.3 Å². The van der Waals surface area contributed by atoms with E-state index < -0.39 is 63.6 Å². The van der Waals surface area contributed by atoms with Crippen LogP contribution in [0.3, 0.4) is 0 Å². The van der Waals surface area contributed by atoms with Gasteiger partial charge < -0.3 is 90.1 Å². The summed E-state index contributed by atoms with van der Waals surface area (Å²) in [7, 11) is 0. The largest absolute Gasteiger partial charge is 1.00 e. The molecule has 4 saturated heterocycles. The third-order valence-corrected chi connectivity index (χ3v) is 21.6. The minimum absolute atomic E-state index is 0. The van der Waals surface area contributed by atoms with E-state index in [2.05, 4.69) is 67.6 Å². The quantitative estimate of drug-likeness (QED) is 0.0182. The van der Waals surface area contributed by atoms with Crippen LogP contribution in [0.5, 0.6) is 0 Å². The zero-order valence-corrected chi connectivity index (χ0v) is 84.4. The monoisotopic (exact) mass is 1940 g/mol. The van der Waals surface area contributed by atoms with Crippen molar-refractivity contribution in [2.75, 3.05) is 153 Å². The minimum Gasteiger partial charge on any atom is -0.870 e. The van der Waals surface area contributed by atoms with Crippen LogP contribution in [-0.2, 0) is 41.3 Å². The summed E-state index contributed by atoms with van der Waals surface area (Å²) in [6.07, 6.45) is 3.78. The van der Waals surface area contributed by atoms with E-state index in [1.807, 2.05) is 129 Å². The number of aromatic carboxylic acids is 1. The van der Waals surface area contributed by atoms with Crippen molar-refractivity contribution in [1.82, 2.24) is 40.0 Å². The van der Waals surface area contributed by atoms with Gasteiger partial charge in [-0.2, -0.15) is 0 Å². The Morgan fingerprint density at radius 3 is 1.04 bits per heavy atom. The number of amides is 5. The van der Waals surface area contributed by atoms with Crippen LogP contribution in [0.15, 0.2) is 176 Å². The predicted octanol–water partition coefficient (Wildman–Crippen LogP) is 15.0. The van der Waals surface area contributed by atoms with E-state index in [0.29, 0.717) is 117 Å². The summed E-state index contributed by atoms with van der Waals surface area (Å²) in [4.78, 5) is 141. The minimum atomic E-state index is -0.984. The molecule has 11 aromatic rings. The van der Waals surface area contributed by atoms with Gasteiger partial charge in [0.25, 0.3) is 0 Å². The maximum atomic E-state index is 14.0. The van der Waals surface area contributed by atoms with Crippen molar-refractivity contribution in [3.05, 3.63) is 227 Å². The van der Waals surface area contributed by atoms with Gasteiger partial charge in [-0.25, -0.2) is 46.7 Å². The molecule has 8 heterocycles. The van der Waals surface area contributed by atoms with Crippen LogP contribution in [0.2, 0.25) is 0 Å². The fourth-order valence-corrected chi connectivity index (χ4v) is 14.9. The number of benzene rings is 7. The van der Waals surface area contributed by atoms with Crippen molar-refractivity contribution < 1.29 is 125 Å². The Morgan fingerprint density at radius 1 is 0.371 bits per heavy atom. The number of carboxylic acid groups (broad SMARTS) is 1. The van der Waals surface area contributed by atoms with Gasteiger partial charge in [0.2, 0.25) is 0 Å². The first kappa shape index (κ1) is 110. The third-order valence-electron chi connectivity index (χ3n) is 21.6. The summed E-state index contributed by atoms with van der Waals surface area (Å²) in [6.45, 7) is 40.9. The average molecular weight is 1940 g/mol. The molecule has 0 atom stereocenters. The number of nitrogens with two attached hydrogens (primary N) is 2. The van der Waals surface area contributed by atoms with E-state index in [1.54, 1.807) is 93.8 Å². The zero-order valence-electron chi connectivity index (χ0n) is 82.4. The summed E-state index contributed by atoms with van der Waals surface area (Å²) in [5, 5.41) is 20.8. The molecule has 4 aromatic heterocycles. The Kier molecular flexibility index (Phi) is 37.9. The Morgan fingerprint density at radius 2 is 0.679 bits per heavy atom. The number of piperazine rings is 4. The van der Waals surface area contributed by atoms with E-state index in [0.717, 1.165) is 112 Å². The number of anilines is 8. The molecule has 5 amide bonds. The van der Waals surface area contributed by atoms with Gasteiger partial charge in [-0.3, -0.25) is 40.2 Å². The molecule has 33 nitrogen and oxygen atoms in total. The van der Waals surface area contributed by atoms with Gasteiger partial charge in [0.05, 0.1) is 51.2 Å². The molecule has 0 aliphatic carbocycles. The van der Waals surface area contributed by atoms with Crippen molar-refractivity contribution in [1.29, 1.82) is 0 Å². The maximum Gasteiger partial charge on any atom is 1.00 e. The molecule has 0 bridgehead atoms. The number of Topliss-reactive ketones (excluding diaryl/α,β-unsaturated/α-hetero) is 2. The first-order chi connectivity index (χ1) is 65.0. The van der Waals surface area contributed by atoms with Crippen molar-refractivity contribution in [3.8, 4) is 0 Å². The van der Waals surface area contributed by atoms with E-state index in [1.165, 1.54) is 60.9 Å². The number of carbonyl (C=O) groups excluding carboxylic acids is 8. The number of nitrogens with one attached hydrogen (secondary N) is 3. The Labute approximate surface area is 834 Å². The summed E-state index contributed by atoms with van der Waals surface area (Å²) < 4.78 is 71.9. The number of hydrogen-bond acceptors (Lipinski definition) is 27. The summed E-state index contributed by atoms with van der Waals surface area (Å²) in [5.41, 5.74) is 19.5. The third kappa shape index (κ3) is 33.0. The van der Waals surface area contributed by atoms with Gasteiger partial charge in [-0.15, -0.1) is 0 Å². The van der Waals surface area contributed by atoms with Crippen molar-refractivity contribution in [2.24, 2.45) is 0 Å². The first-order valence-electron chi connectivity index (χ1n) is 45.6. The molecule has 0 spiro atoms. The number of carboxylic acids is 1. The number of rotatable bonds is 15. The van der Waals surface area contributed by atoms with Gasteiger partial charge in [0.15, 0.2) is 11.6 Å². The molecular weight excluding hydrogens is 1810 g/mol. The zero-order chi connectivity index (χ0) is 100. The number of aromatic nitrogens is 4. The second-order valence-electron chi connectivity index (χ2n) is 38.4. The summed E-state index contributed by atoms with van der Waals surface area (Å²) >= 11 is 0.